The largest absolute Gasteiger partial charge is 0.192 e. The van der Waals surface area contributed by atoms with E-state index in [4.69, 9.17) is 5.26 Å². The summed E-state index contributed by atoms with van der Waals surface area (Å²) in [5.74, 6) is 0. The van der Waals surface area contributed by atoms with Gasteiger partial charge in [-0.25, -0.2) is 0 Å². The van der Waals surface area contributed by atoms with Crippen molar-refractivity contribution in [3.63, 3.8) is 0 Å². The van der Waals surface area contributed by atoms with E-state index in [0.29, 0.717) is 0 Å². The zero-order chi connectivity index (χ0) is 10.7. The van der Waals surface area contributed by atoms with Crippen LogP contribution < -0.4 is 0 Å². The topological polar surface area (TPSA) is 23.8 Å². The van der Waals surface area contributed by atoms with E-state index in [1.165, 1.54) is 0 Å². The van der Waals surface area contributed by atoms with Crippen LogP contribution in [-0.2, 0) is 5.41 Å². The lowest BCUT2D eigenvalue weighted by molar-refractivity contribution is 0.598. The second-order valence-electron chi connectivity index (χ2n) is 4.07. The molecule has 0 aliphatic heterocycles. The van der Waals surface area contributed by atoms with Crippen molar-refractivity contribution in [1.29, 1.82) is 5.26 Å². The average molecular weight is 195 g/mol. The summed E-state index contributed by atoms with van der Waals surface area (Å²) in [7, 11) is 0. The van der Waals surface area contributed by atoms with Crippen molar-refractivity contribution in [3.05, 3.63) is 59.7 Å². The zero-order valence-electron chi connectivity index (χ0n) is 8.77. The van der Waals surface area contributed by atoms with Crippen molar-refractivity contribution < 1.29 is 0 Å². The summed E-state index contributed by atoms with van der Waals surface area (Å²) >= 11 is 0. The zero-order valence-corrected chi connectivity index (χ0v) is 8.77. The molecule has 2 rings (SSSR count). The first kappa shape index (κ1) is 9.73. The fraction of sp³-hybridized carbons (Fsp3) is 0.214. The highest BCUT2D eigenvalue weighted by Crippen LogP contribution is 2.33. The fourth-order valence-corrected chi connectivity index (χ4v) is 2.01. The number of hydrogen-bond donors (Lipinski definition) is 0. The molecule has 1 aromatic rings. The molecule has 0 heterocycles. The van der Waals surface area contributed by atoms with Crippen molar-refractivity contribution in [2.24, 2.45) is 0 Å². The molecular weight excluding hydrogens is 182 g/mol. The molecule has 0 saturated carbocycles. The molecule has 0 aromatic heterocycles. The molecule has 0 N–H and O–H groups in total. The Kier molecular flexibility index (Phi) is 2.43. The van der Waals surface area contributed by atoms with E-state index in [2.05, 4.69) is 37.3 Å². The lowest BCUT2D eigenvalue weighted by Crippen LogP contribution is -2.20. The fourth-order valence-electron chi connectivity index (χ4n) is 2.01. The number of rotatable bonds is 1. The summed E-state index contributed by atoms with van der Waals surface area (Å²) in [4.78, 5) is 0. The second kappa shape index (κ2) is 3.74. The maximum atomic E-state index is 9.07. The second-order valence-corrected chi connectivity index (χ2v) is 4.07. The van der Waals surface area contributed by atoms with Gasteiger partial charge in [-0.2, -0.15) is 5.26 Å². The summed E-state index contributed by atoms with van der Waals surface area (Å²) in [5.41, 5.74) is 1.87. The van der Waals surface area contributed by atoms with Crippen LogP contribution in [0.5, 0.6) is 0 Å². The Labute approximate surface area is 90.4 Å². The normalized spacial score (nSPS) is 23.7. The molecule has 1 aliphatic rings. The summed E-state index contributed by atoms with van der Waals surface area (Å²) in [6.45, 7) is 2.17. The predicted molar refractivity (Wildman–Crippen MR) is 61.4 cm³/mol. The van der Waals surface area contributed by atoms with Gasteiger partial charge < -0.3 is 0 Å². The van der Waals surface area contributed by atoms with Crippen LogP contribution in [0.25, 0.3) is 0 Å². The molecule has 0 bridgehead atoms. The van der Waals surface area contributed by atoms with E-state index in [-0.39, 0.29) is 5.41 Å². The van der Waals surface area contributed by atoms with Gasteiger partial charge in [-0.1, -0.05) is 49.4 Å². The third-order valence-electron chi connectivity index (χ3n) is 2.92. The summed E-state index contributed by atoms with van der Waals surface area (Å²) in [5, 5.41) is 9.07. The molecule has 0 saturated heterocycles. The van der Waals surface area contributed by atoms with Crippen LogP contribution in [0.4, 0.5) is 0 Å². The molecule has 74 valence electrons. The number of nitrogens with zero attached hydrogens (tertiary/aromatic N) is 1. The highest BCUT2D eigenvalue weighted by Gasteiger charge is 2.25. The molecule has 1 aliphatic carbocycles. The highest BCUT2D eigenvalue weighted by molar-refractivity contribution is 5.46. The summed E-state index contributed by atoms with van der Waals surface area (Å²) in [6, 6.07) is 10.1. The number of nitriles is 1. The van der Waals surface area contributed by atoms with Crippen LogP contribution in [0.2, 0.25) is 0 Å². The molecule has 15 heavy (non-hydrogen) atoms. The average Bonchev–Trinajstić information content (AvgIpc) is 2.30. The molecule has 1 nitrogen and oxygen atoms in total. The number of hydrogen-bond acceptors (Lipinski definition) is 1. The smallest absolute Gasteiger partial charge is 0.0994 e. The first-order valence-corrected chi connectivity index (χ1v) is 5.10. The Balaban J connectivity index is 2.50. The first-order chi connectivity index (χ1) is 7.26. The molecule has 1 heteroatoms. The Morgan fingerprint density at radius 1 is 1.27 bits per heavy atom. The van der Waals surface area contributed by atoms with Crippen molar-refractivity contribution >= 4 is 0 Å². The lowest BCUT2D eigenvalue weighted by Gasteiger charge is -2.27. The van der Waals surface area contributed by atoms with E-state index in [1.807, 2.05) is 24.3 Å². The molecular formula is C14H13N. The summed E-state index contributed by atoms with van der Waals surface area (Å²) in [6.07, 6.45) is 9.38. The van der Waals surface area contributed by atoms with Gasteiger partial charge in [-0.15, -0.1) is 0 Å². The minimum atomic E-state index is -0.0267. The molecule has 0 fully saturated rings. The van der Waals surface area contributed by atoms with E-state index in [1.54, 1.807) is 0 Å². The standard InChI is InChI=1S/C14H13N/c1-14(9-5-2-6-10-14)13-8-4-3-7-12(13)11-15/h2-9H,10H2,1H3. The molecule has 1 aromatic carbocycles. The molecule has 1 atom stereocenters. The van der Waals surface area contributed by atoms with E-state index in [9.17, 15) is 0 Å². The number of benzene rings is 1. The van der Waals surface area contributed by atoms with Crippen molar-refractivity contribution in [2.45, 2.75) is 18.8 Å². The van der Waals surface area contributed by atoms with Gasteiger partial charge in [0.1, 0.15) is 0 Å². The van der Waals surface area contributed by atoms with Crippen LogP contribution in [0.1, 0.15) is 24.5 Å². The minimum absolute atomic E-state index is 0.0267. The Morgan fingerprint density at radius 3 is 2.73 bits per heavy atom. The Bertz CT molecular complexity index is 462. The van der Waals surface area contributed by atoms with Crippen molar-refractivity contribution in [3.8, 4) is 6.07 Å². The lowest BCUT2D eigenvalue weighted by atomic mass is 9.75. The van der Waals surface area contributed by atoms with Gasteiger partial charge in [0, 0.05) is 5.41 Å². The maximum Gasteiger partial charge on any atom is 0.0994 e. The highest BCUT2D eigenvalue weighted by atomic mass is 14.3. The third-order valence-corrected chi connectivity index (χ3v) is 2.92. The van der Waals surface area contributed by atoms with E-state index < -0.39 is 0 Å². The molecule has 0 spiro atoms. The van der Waals surface area contributed by atoms with Gasteiger partial charge in [-0.05, 0) is 18.1 Å². The van der Waals surface area contributed by atoms with Gasteiger partial charge in [-0.3, -0.25) is 0 Å². The Morgan fingerprint density at radius 2 is 2.07 bits per heavy atom. The molecule has 1 unspecified atom stereocenters. The van der Waals surface area contributed by atoms with Gasteiger partial charge in [0.2, 0.25) is 0 Å². The first-order valence-electron chi connectivity index (χ1n) is 5.10. The van der Waals surface area contributed by atoms with Crippen molar-refractivity contribution in [1.82, 2.24) is 0 Å². The van der Waals surface area contributed by atoms with Gasteiger partial charge in [0.15, 0.2) is 0 Å². The maximum absolute atomic E-state index is 9.07. The molecule has 0 radical (unpaired) electrons. The van der Waals surface area contributed by atoms with Gasteiger partial charge in [0.05, 0.1) is 11.6 Å². The molecule has 0 amide bonds. The number of allylic oxidation sites excluding steroid dienone is 4. The minimum Gasteiger partial charge on any atom is -0.192 e. The Hall–Kier alpha value is -1.81. The predicted octanol–water partition coefficient (Wildman–Crippen LogP) is 3.33. The quantitative estimate of drug-likeness (QED) is 0.674. The van der Waals surface area contributed by atoms with E-state index >= 15 is 0 Å². The van der Waals surface area contributed by atoms with Crippen LogP contribution in [0.15, 0.2) is 48.6 Å². The van der Waals surface area contributed by atoms with Crippen LogP contribution in [-0.4, -0.2) is 0 Å². The van der Waals surface area contributed by atoms with Crippen LogP contribution in [0.3, 0.4) is 0 Å². The summed E-state index contributed by atoms with van der Waals surface area (Å²) < 4.78 is 0. The third kappa shape index (κ3) is 1.71. The van der Waals surface area contributed by atoms with Crippen molar-refractivity contribution in [2.75, 3.05) is 0 Å². The SMILES string of the molecule is CC1(c2ccccc2C#N)C=CC=CC1. The van der Waals surface area contributed by atoms with Crippen LogP contribution >= 0.6 is 0 Å². The van der Waals surface area contributed by atoms with Gasteiger partial charge in [0.25, 0.3) is 0 Å². The van der Waals surface area contributed by atoms with E-state index in [0.717, 1.165) is 17.5 Å². The monoisotopic (exact) mass is 195 g/mol. The van der Waals surface area contributed by atoms with Gasteiger partial charge >= 0.3 is 0 Å². The van der Waals surface area contributed by atoms with Crippen LogP contribution in [0, 0.1) is 11.3 Å².